The van der Waals surface area contributed by atoms with E-state index in [1.165, 1.54) is 22.4 Å². The highest BCUT2D eigenvalue weighted by atomic mass is 16.3. The molecule has 4 aliphatic rings. The van der Waals surface area contributed by atoms with Gasteiger partial charge in [-0.3, -0.25) is 4.79 Å². The van der Waals surface area contributed by atoms with Crippen molar-refractivity contribution in [3.05, 3.63) is 64.8 Å². The minimum absolute atomic E-state index is 0.0423. The van der Waals surface area contributed by atoms with Gasteiger partial charge < -0.3 is 15.1 Å². The first-order valence-corrected chi connectivity index (χ1v) is 13.5. The molecule has 0 heterocycles. The fourth-order valence-corrected chi connectivity index (χ4v) is 7.52. The van der Waals surface area contributed by atoms with E-state index in [0.29, 0.717) is 18.3 Å². The molecule has 5 atom stereocenters. The van der Waals surface area contributed by atoms with Crippen LogP contribution in [0.4, 0.5) is 5.69 Å². The summed E-state index contributed by atoms with van der Waals surface area (Å²) in [6.07, 6.45) is 11.7. The minimum Gasteiger partial charge on any atom is -0.392 e. The van der Waals surface area contributed by atoms with E-state index in [-0.39, 0.29) is 23.7 Å². The average molecular weight is 478 g/mol. The molecule has 0 amide bonds. The lowest BCUT2D eigenvalue weighted by Crippen LogP contribution is -2.50. The van der Waals surface area contributed by atoms with Crippen LogP contribution in [-0.4, -0.2) is 42.3 Å². The van der Waals surface area contributed by atoms with E-state index in [4.69, 9.17) is 0 Å². The summed E-state index contributed by atoms with van der Waals surface area (Å²) in [6.45, 7) is 6.24. The second-order valence-corrected chi connectivity index (χ2v) is 11.0. The number of fused-ring (bicyclic) bond motifs is 4. The molecule has 4 nitrogen and oxygen atoms in total. The van der Waals surface area contributed by atoms with Crippen LogP contribution in [0.2, 0.25) is 0 Å². The molecule has 0 spiro atoms. The first-order valence-electron chi connectivity index (χ1n) is 13.5. The topological polar surface area (TPSA) is 60.8 Å². The fourth-order valence-electron chi connectivity index (χ4n) is 7.52. The molecule has 190 valence electrons. The molecule has 0 aromatic heterocycles. The van der Waals surface area contributed by atoms with Gasteiger partial charge in [0.05, 0.1) is 12.2 Å². The highest BCUT2D eigenvalue weighted by Crippen LogP contribution is 2.67. The van der Waals surface area contributed by atoms with Gasteiger partial charge in [-0.1, -0.05) is 50.6 Å². The molecular weight excluding hydrogens is 434 g/mol. The van der Waals surface area contributed by atoms with Crippen LogP contribution in [0, 0.1) is 17.3 Å². The Hall–Kier alpha value is -2.17. The van der Waals surface area contributed by atoms with Crippen LogP contribution in [0.3, 0.4) is 0 Å². The molecule has 2 fully saturated rings. The summed E-state index contributed by atoms with van der Waals surface area (Å²) < 4.78 is 0. The number of carbonyl (C=O) groups excluding carboxylic acids is 1. The van der Waals surface area contributed by atoms with Crippen molar-refractivity contribution >= 4 is 11.5 Å². The lowest BCUT2D eigenvalue weighted by atomic mass is 9.51. The molecule has 0 radical (unpaired) electrons. The highest BCUT2D eigenvalue weighted by molar-refractivity contribution is 5.93. The van der Waals surface area contributed by atoms with Crippen LogP contribution in [0.5, 0.6) is 0 Å². The van der Waals surface area contributed by atoms with Crippen molar-refractivity contribution in [3.63, 3.8) is 0 Å². The second-order valence-electron chi connectivity index (χ2n) is 11.0. The molecule has 5 rings (SSSR count). The maximum absolute atomic E-state index is 12.2. The van der Waals surface area contributed by atoms with E-state index < -0.39 is 5.60 Å². The summed E-state index contributed by atoms with van der Waals surface area (Å²) in [5.74, 6) is 1.38. The smallest absolute Gasteiger partial charge is 0.156 e. The molecular formula is C31H43NO3. The average Bonchev–Trinajstić information content (AvgIpc) is 3.13. The molecule has 2 saturated carbocycles. The van der Waals surface area contributed by atoms with E-state index in [0.717, 1.165) is 38.5 Å². The number of hydrogen-bond donors (Lipinski definition) is 2. The molecule has 2 N–H and O–H groups in total. The van der Waals surface area contributed by atoms with Crippen LogP contribution in [-0.2, 0) is 4.79 Å². The molecule has 4 aliphatic carbocycles. The van der Waals surface area contributed by atoms with Crippen LogP contribution in [0.1, 0.15) is 77.2 Å². The summed E-state index contributed by atoms with van der Waals surface area (Å²) >= 11 is 0. The van der Waals surface area contributed by atoms with Gasteiger partial charge in [-0.2, -0.15) is 0 Å². The van der Waals surface area contributed by atoms with Gasteiger partial charge in [0, 0.05) is 37.5 Å². The summed E-state index contributed by atoms with van der Waals surface area (Å²) in [5, 5.41) is 21.3. The van der Waals surface area contributed by atoms with Gasteiger partial charge in [-0.05, 0) is 85.3 Å². The number of allylic oxidation sites excluding steroid dienone is 4. The summed E-state index contributed by atoms with van der Waals surface area (Å²) in [7, 11) is 4.12. The van der Waals surface area contributed by atoms with Crippen molar-refractivity contribution < 1.29 is 15.0 Å². The Morgan fingerprint density at radius 3 is 2.46 bits per heavy atom. The first-order chi connectivity index (χ1) is 16.8. The van der Waals surface area contributed by atoms with E-state index >= 15 is 0 Å². The maximum atomic E-state index is 12.2. The van der Waals surface area contributed by atoms with Gasteiger partial charge in [-0.25, -0.2) is 0 Å². The monoisotopic (exact) mass is 477 g/mol. The van der Waals surface area contributed by atoms with E-state index in [1.54, 1.807) is 11.6 Å². The number of aliphatic hydroxyl groups excluding tert-OH is 1. The predicted molar refractivity (Wildman–Crippen MR) is 144 cm³/mol. The Kier molecular flexibility index (Phi) is 7.45. The maximum Gasteiger partial charge on any atom is 0.156 e. The lowest BCUT2D eigenvalue weighted by molar-refractivity contribution is -0.114. The quantitative estimate of drug-likeness (QED) is 0.526. The zero-order chi connectivity index (χ0) is 25.4. The Labute approximate surface area is 211 Å². The molecule has 1 aromatic carbocycles. The number of ketones is 1. The first kappa shape index (κ1) is 25.9. The Morgan fingerprint density at radius 1 is 1.09 bits per heavy atom. The summed E-state index contributed by atoms with van der Waals surface area (Å²) in [4.78, 5) is 14.3. The number of nitrogens with zero attached hydrogens (tertiary/aromatic N) is 1. The molecule has 4 heteroatoms. The number of aliphatic hydroxyl groups is 2. The largest absolute Gasteiger partial charge is 0.392 e. The summed E-state index contributed by atoms with van der Waals surface area (Å²) in [6, 6.07) is 8.91. The zero-order valence-electron chi connectivity index (χ0n) is 22.2. The molecule has 0 saturated heterocycles. The van der Waals surface area contributed by atoms with Gasteiger partial charge in [0.15, 0.2) is 5.78 Å². The van der Waals surface area contributed by atoms with Crippen molar-refractivity contribution in [3.8, 4) is 0 Å². The number of benzene rings is 1. The standard InChI is InChI=1S/C29H37NO3.C2H6/c1-28-18-25(19-5-8-21(9-6-19)30(2)3)27-23-12-10-22(32)17-20(23)7-11-24(27)26(28)13-15-29(28,33)14-4-16-31;1-2/h4-6,8-9,14,17,24-26,31,33H,7,10-13,15-16,18H2,1-3H3;1-2H3/b14-4-;. The Morgan fingerprint density at radius 2 is 1.80 bits per heavy atom. The van der Waals surface area contributed by atoms with Gasteiger partial charge in [0.1, 0.15) is 0 Å². The van der Waals surface area contributed by atoms with Crippen LogP contribution < -0.4 is 4.90 Å². The Bertz CT molecular complexity index is 1030. The number of carbonyl (C=O) groups is 1. The zero-order valence-corrected chi connectivity index (χ0v) is 22.2. The summed E-state index contributed by atoms with van der Waals surface area (Å²) in [5.41, 5.74) is 5.62. The van der Waals surface area contributed by atoms with Crippen LogP contribution in [0.25, 0.3) is 0 Å². The van der Waals surface area contributed by atoms with E-state index in [9.17, 15) is 15.0 Å². The van der Waals surface area contributed by atoms with Crippen molar-refractivity contribution in [2.24, 2.45) is 17.3 Å². The number of anilines is 1. The normalized spacial score (nSPS) is 34.0. The number of hydrogen-bond acceptors (Lipinski definition) is 4. The van der Waals surface area contributed by atoms with Gasteiger partial charge in [0.2, 0.25) is 0 Å². The third-order valence-corrected chi connectivity index (χ3v) is 9.26. The third-order valence-electron chi connectivity index (χ3n) is 9.26. The van der Waals surface area contributed by atoms with Gasteiger partial charge in [0.25, 0.3) is 0 Å². The number of rotatable bonds is 4. The predicted octanol–water partition coefficient (Wildman–Crippen LogP) is 5.96. The van der Waals surface area contributed by atoms with E-state index in [1.807, 2.05) is 26.0 Å². The molecule has 0 bridgehead atoms. The van der Waals surface area contributed by atoms with Crippen molar-refractivity contribution in [1.29, 1.82) is 0 Å². The van der Waals surface area contributed by atoms with Gasteiger partial charge >= 0.3 is 0 Å². The third kappa shape index (κ3) is 4.34. The fraction of sp³-hybridized carbons (Fsp3) is 0.581. The van der Waals surface area contributed by atoms with Gasteiger partial charge in [-0.15, -0.1) is 0 Å². The second kappa shape index (κ2) is 10.1. The molecule has 0 aliphatic heterocycles. The van der Waals surface area contributed by atoms with Crippen molar-refractivity contribution in [2.45, 2.75) is 77.2 Å². The highest BCUT2D eigenvalue weighted by Gasteiger charge is 2.61. The molecule has 35 heavy (non-hydrogen) atoms. The lowest BCUT2D eigenvalue weighted by Gasteiger charge is -2.54. The van der Waals surface area contributed by atoms with Crippen molar-refractivity contribution in [2.75, 3.05) is 25.6 Å². The Balaban J connectivity index is 0.00000141. The SMILES string of the molecule is CC.CN(C)c1ccc(C2CC3(C)C(CCC3(O)/C=C\CO)C3CCC4=CC(=O)CCC4=C23)cc1. The van der Waals surface area contributed by atoms with Crippen molar-refractivity contribution in [1.82, 2.24) is 0 Å². The van der Waals surface area contributed by atoms with Crippen LogP contribution >= 0.6 is 0 Å². The minimum atomic E-state index is -0.892. The van der Waals surface area contributed by atoms with Crippen LogP contribution in [0.15, 0.2) is 59.2 Å². The van der Waals surface area contributed by atoms with E-state index in [2.05, 4.69) is 50.2 Å². The molecule has 5 unspecified atom stereocenters. The molecule has 1 aromatic rings.